The van der Waals surface area contributed by atoms with Crippen molar-refractivity contribution in [1.29, 1.82) is 0 Å². The number of benzene rings is 1. The van der Waals surface area contributed by atoms with Crippen molar-refractivity contribution >= 4 is 22.7 Å². The molecular formula is C15H15N5S. The zero-order valence-electron chi connectivity index (χ0n) is 11.8. The molecule has 0 fully saturated rings. The number of hydrogen-bond acceptors (Lipinski definition) is 5. The van der Waals surface area contributed by atoms with E-state index in [2.05, 4.69) is 26.7 Å². The Morgan fingerprint density at radius 2 is 2.24 bits per heavy atom. The molecule has 21 heavy (non-hydrogen) atoms. The van der Waals surface area contributed by atoms with E-state index in [9.17, 15) is 0 Å². The summed E-state index contributed by atoms with van der Waals surface area (Å²) in [6.45, 7) is 1.96. The van der Waals surface area contributed by atoms with Gasteiger partial charge in [-0.1, -0.05) is 18.2 Å². The molecule has 0 unspecified atom stereocenters. The molecule has 0 saturated heterocycles. The van der Waals surface area contributed by atoms with E-state index < -0.39 is 0 Å². The first-order valence-electron chi connectivity index (χ1n) is 6.52. The lowest BCUT2D eigenvalue weighted by Crippen LogP contribution is -1.91. The first-order valence-corrected chi connectivity index (χ1v) is 7.40. The molecule has 0 aliphatic carbocycles. The highest BCUT2D eigenvalue weighted by Gasteiger charge is 2.01. The molecule has 106 valence electrons. The third-order valence-electron chi connectivity index (χ3n) is 2.89. The van der Waals surface area contributed by atoms with Gasteiger partial charge in [0.1, 0.15) is 0 Å². The van der Waals surface area contributed by atoms with Crippen molar-refractivity contribution in [2.45, 2.75) is 6.92 Å². The summed E-state index contributed by atoms with van der Waals surface area (Å²) < 4.78 is 1.79. The van der Waals surface area contributed by atoms with Crippen LogP contribution in [0.5, 0.6) is 0 Å². The van der Waals surface area contributed by atoms with Crippen LogP contribution in [0.2, 0.25) is 0 Å². The van der Waals surface area contributed by atoms with E-state index >= 15 is 0 Å². The molecule has 5 nitrogen and oxygen atoms in total. The highest BCUT2D eigenvalue weighted by molar-refractivity contribution is 7.13. The Balaban J connectivity index is 1.74. The minimum atomic E-state index is 0.796. The van der Waals surface area contributed by atoms with Crippen molar-refractivity contribution < 1.29 is 0 Å². The Bertz CT molecular complexity index is 772. The molecular weight excluding hydrogens is 282 g/mol. The Kier molecular flexibility index (Phi) is 3.79. The number of nitrogens with one attached hydrogen (secondary N) is 1. The van der Waals surface area contributed by atoms with Crippen molar-refractivity contribution in [2.24, 2.45) is 12.1 Å². The van der Waals surface area contributed by atoms with E-state index in [1.165, 1.54) is 11.3 Å². The van der Waals surface area contributed by atoms with Gasteiger partial charge in [-0.05, 0) is 24.6 Å². The standard InChI is InChI=1S/C15H15N5S/c1-11-10-21-15(17-11)18-16-9-12-4-3-5-13(8-12)14-6-7-20(2)19-14/h3-10H,1-2H3,(H,17,18). The molecule has 0 atom stereocenters. The quantitative estimate of drug-likeness (QED) is 0.594. The Labute approximate surface area is 127 Å². The normalized spacial score (nSPS) is 11.1. The number of aromatic nitrogens is 3. The largest absolute Gasteiger partial charge is 0.275 e. The van der Waals surface area contributed by atoms with Crippen LogP contribution in [-0.4, -0.2) is 21.0 Å². The average Bonchev–Trinajstić information content (AvgIpc) is 3.08. The van der Waals surface area contributed by atoms with Crippen LogP contribution in [0.3, 0.4) is 0 Å². The smallest absolute Gasteiger partial charge is 0.203 e. The summed E-state index contributed by atoms with van der Waals surface area (Å²) in [6, 6.07) is 10.1. The van der Waals surface area contributed by atoms with Crippen molar-refractivity contribution in [2.75, 3.05) is 5.43 Å². The van der Waals surface area contributed by atoms with Crippen LogP contribution in [-0.2, 0) is 7.05 Å². The second-order valence-electron chi connectivity index (χ2n) is 4.66. The van der Waals surface area contributed by atoms with Crippen molar-refractivity contribution in [3.63, 3.8) is 0 Å². The molecule has 2 heterocycles. The van der Waals surface area contributed by atoms with Crippen LogP contribution in [0.25, 0.3) is 11.3 Å². The monoisotopic (exact) mass is 297 g/mol. The van der Waals surface area contributed by atoms with Gasteiger partial charge in [0.05, 0.1) is 17.6 Å². The van der Waals surface area contributed by atoms with Gasteiger partial charge >= 0.3 is 0 Å². The van der Waals surface area contributed by atoms with Crippen LogP contribution in [0, 0.1) is 6.92 Å². The highest BCUT2D eigenvalue weighted by atomic mass is 32.1. The van der Waals surface area contributed by atoms with Gasteiger partial charge in [0.2, 0.25) is 5.13 Å². The van der Waals surface area contributed by atoms with Gasteiger partial charge in [-0.15, -0.1) is 11.3 Å². The average molecular weight is 297 g/mol. The number of hydrazone groups is 1. The number of thiazole rings is 1. The fourth-order valence-electron chi connectivity index (χ4n) is 1.91. The molecule has 0 bridgehead atoms. The molecule has 1 N–H and O–H groups in total. The first-order chi connectivity index (χ1) is 10.2. The van der Waals surface area contributed by atoms with E-state index in [-0.39, 0.29) is 0 Å². The summed E-state index contributed by atoms with van der Waals surface area (Å²) in [6.07, 6.45) is 3.71. The van der Waals surface area contributed by atoms with Gasteiger partial charge in [0.15, 0.2) is 0 Å². The predicted octanol–water partition coefficient (Wildman–Crippen LogP) is 3.30. The highest BCUT2D eigenvalue weighted by Crippen LogP contribution is 2.18. The fraction of sp³-hybridized carbons (Fsp3) is 0.133. The van der Waals surface area contributed by atoms with Gasteiger partial charge in [-0.2, -0.15) is 10.2 Å². The number of anilines is 1. The van der Waals surface area contributed by atoms with E-state index in [0.29, 0.717) is 0 Å². The molecule has 3 aromatic rings. The lowest BCUT2D eigenvalue weighted by Gasteiger charge is -1.99. The molecule has 0 radical (unpaired) electrons. The third kappa shape index (κ3) is 3.35. The fourth-order valence-corrected chi connectivity index (χ4v) is 2.55. The summed E-state index contributed by atoms with van der Waals surface area (Å²) in [4.78, 5) is 4.29. The molecule has 6 heteroatoms. The second-order valence-corrected chi connectivity index (χ2v) is 5.52. The molecule has 2 aromatic heterocycles. The number of aryl methyl sites for hydroxylation is 2. The van der Waals surface area contributed by atoms with Crippen LogP contribution >= 0.6 is 11.3 Å². The van der Waals surface area contributed by atoms with Crippen molar-refractivity contribution in [3.8, 4) is 11.3 Å². The molecule has 0 amide bonds. The predicted molar refractivity (Wildman–Crippen MR) is 86.7 cm³/mol. The van der Waals surface area contributed by atoms with Gasteiger partial charge in [-0.3, -0.25) is 10.1 Å². The Hall–Kier alpha value is -2.47. The van der Waals surface area contributed by atoms with Gasteiger partial charge < -0.3 is 0 Å². The Morgan fingerprint density at radius 3 is 2.95 bits per heavy atom. The minimum absolute atomic E-state index is 0.796. The Morgan fingerprint density at radius 1 is 1.33 bits per heavy atom. The maximum absolute atomic E-state index is 4.40. The van der Waals surface area contributed by atoms with E-state index in [1.807, 2.05) is 49.8 Å². The zero-order chi connectivity index (χ0) is 14.7. The van der Waals surface area contributed by atoms with Crippen LogP contribution < -0.4 is 5.43 Å². The minimum Gasteiger partial charge on any atom is -0.275 e. The summed E-state index contributed by atoms with van der Waals surface area (Å²) in [5.74, 6) is 0. The lowest BCUT2D eigenvalue weighted by molar-refractivity contribution is 0.771. The van der Waals surface area contributed by atoms with Gasteiger partial charge in [-0.25, -0.2) is 4.98 Å². The first kappa shape index (κ1) is 13.5. The molecule has 0 saturated carbocycles. The SMILES string of the molecule is Cc1csc(NN=Cc2cccc(-c3ccn(C)n3)c2)n1. The summed E-state index contributed by atoms with van der Waals surface area (Å²) in [7, 11) is 1.91. The molecule has 0 spiro atoms. The van der Waals surface area contributed by atoms with E-state index in [1.54, 1.807) is 10.9 Å². The lowest BCUT2D eigenvalue weighted by atomic mass is 10.1. The number of hydrogen-bond donors (Lipinski definition) is 1. The van der Waals surface area contributed by atoms with Crippen LogP contribution in [0.1, 0.15) is 11.3 Å². The summed E-state index contributed by atoms with van der Waals surface area (Å²) >= 11 is 1.54. The molecule has 1 aromatic carbocycles. The maximum atomic E-state index is 4.40. The zero-order valence-corrected chi connectivity index (χ0v) is 12.6. The van der Waals surface area contributed by atoms with Crippen LogP contribution in [0.4, 0.5) is 5.13 Å². The number of rotatable bonds is 4. The number of nitrogens with zero attached hydrogens (tertiary/aromatic N) is 4. The van der Waals surface area contributed by atoms with E-state index in [0.717, 1.165) is 27.6 Å². The molecule has 3 rings (SSSR count). The molecule has 0 aliphatic heterocycles. The summed E-state index contributed by atoms with van der Waals surface area (Å²) in [5, 5.41) is 11.4. The van der Waals surface area contributed by atoms with Gasteiger partial charge in [0, 0.05) is 24.2 Å². The van der Waals surface area contributed by atoms with Gasteiger partial charge in [0.25, 0.3) is 0 Å². The third-order valence-corrected chi connectivity index (χ3v) is 3.75. The van der Waals surface area contributed by atoms with Crippen molar-refractivity contribution in [1.82, 2.24) is 14.8 Å². The van der Waals surface area contributed by atoms with Crippen LogP contribution in [0.15, 0.2) is 47.0 Å². The molecule has 0 aliphatic rings. The topological polar surface area (TPSA) is 55.1 Å². The summed E-state index contributed by atoms with van der Waals surface area (Å²) in [5.41, 5.74) is 6.97. The van der Waals surface area contributed by atoms with Crippen molar-refractivity contribution in [3.05, 3.63) is 53.2 Å². The second kappa shape index (κ2) is 5.88. The van der Waals surface area contributed by atoms with E-state index in [4.69, 9.17) is 0 Å². The maximum Gasteiger partial charge on any atom is 0.203 e.